The van der Waals surface area contributed by atoms with Crippen LogP contribution in [0.5, 0.6) is 0 Å². The second-order valence-corrected chi connectivity index (χ2v) is 6.28. The summed E-state index contributed by atoms with van der Waals surface area (Å²) in [7, 11) is 4.47. The van der Waals surface area contributed by atoms with Crippen molar-refractivity contribution in [3.63, 3.8) is 0 Å². The molecule has 100 valence electrons. The Balaban J connectivity index is 1.74. The number of rotatable bonds is 4. The Hall–Kier alpha value is -0.120. The van der Waals surface area contributed by atoms with Crippen LogP contribution in [-0.4, -0.2) is 55.6 Å². The van der Waals surface area contributed by atoms with E-state index in [1.165, 1.54) is 58.2 Å². The minimum atomic E-state index is 0.414. The minimum absolute atomic E-state index is 0.414. The molecule has 1 saturated carbocycles. The maximum absolute atomic E-state index is 6.35. The molecule has 0 amide bonds. The van der Waals surface area contributed by atoms with Crippen molar-refractivity contribution in [3.8, 4) is 0 Å². The first-order chi connectivity index (χ1) is 8.15. The predicted octanol–water partition coefficient (Wildman–Crippen LogP) is 1.53. The zero-order valence-corrected chi connectivity index (χ0v) is 11.6. The quantitative estimate of drug-likeness (QED) is 0.807. The maximum atomic E-state index is 6.35. The van der Waals surface area contributed by atoms with Gasteiger partial charge in [0.2, 0.25) is 0 Å². The molecule has 2 fully saturated rings. The summed E-state index contributed by atoms with van der Waals surface area (Å²) in [4.78, 5) is 4.93. The van der Waals surface area contributed by atoms with E-state index in [0.29, 0.717) is 12.1 Å². The summed E-state index contributed by atoms with van der Waals surface area (Å²) in [6, 6.07) is 1.09. The average molecular weight is 239 g/mol. The van der Waals surface area contributed by atoms with Crippen molar-refractivity contribution in [2.24, 2.45) is 11.7 Å². The van der Waals surface area contributed by atoms with Crippen molar-refractivity contribution in [1.29, 1.82) is 0 Å². The van der Waals surface area contributed by atoms with Crippen molar-refractivity contribution < 1.29 is 0 Å². The predicted molar refractivity (Wildman–Crippen MR) is 73.1 cm³/mol. The number of hydrogen-bond donors (Lipinski definition) is 1. The van der Waals surface area contributed by atoms with Gasteiger partial charge in [0.25, 0.3) is 0 Å². The SMILES string of the molecule is CN1CCN(C)C(CC(N)CC2CCCC2)C1. The van der Waals surface area contributed by atoms with Crippen LogP contribution in [-0.2, 0) is 0 Å². The van der Waals surface area contributed by atoms with Crippen LogP contribution in [0.15, 0.2) is 0 Å². The Labute approximate surface area is 106 Å². The number of hydrogen-bond acceptors (Lipinski definition) is 3. The fourth-order valence-electron chi connectivity index (χ4n) is 3.48. The molecule has 0 bridgehead atoms. The van der Waals surface area contributed by atoms with Crippen LogP contribution in [0.3, 0.4) is 0 Å². The zero-order valence-electron chi connectivity index (χ0n) is 11.6. The molecule has 1 saturated heterocycles. The van der Waals surface area contributed by atoms with E-state index in [1.807, 2.05) is 0 Å². The second kappa shape index (κ2) is 6.17. The van der Waals surface area contributed by atoms with Crippen LogP contribution < -0.4 is 5.73 Å². The molecule has 1 heterocycles. The Morgan fingerprint density at radius 2 is 1.82 bits per heavy atom. The molecule has 3 heteroatoms. The third kappa shape index (κ3) is 3.94. The van der Waals surface area contributed by atoms with Crippen LogP contribution in [0.4, 0.5) is 0 Å². The van der Waals surface area contributed by atoms with E-state index in [0.717, 1.165) is 5.92 Å². The van der Waals surface area contributed by atoms with E-state index < -0.39 is 0 Å². The van der Waals surface area contributed by atoms with Gasteiger partial charge in [-0.2, -0.15) is 0 Å². The van der Waals surface area contributed by atoms with Gasteiger partial charge in [-0.25, -0.2) is 0 Å². The lowest BCUT2D eigenvalue weighted by Crippen LogP contribution is -2.51. The van der Waals surface area contributed by atoms with Gasteiger partial charge in [0.05, 0.1) is 0 Å². The van der Waals surface area contributed by atoms with Gasteiger partial charge in [0, 0.05) is 31.7 Å². The van der Waals surface area contributed by atoms with Gasteiger partial charge in [-0.3, -0.25) is 0 Å². The molecule has 0 aromatic rings. The van der Waals surface area contributed by atoms with E-state index in [9.17, 15) is 0 Å². The van der Waals surface area contributed by atoms with E-state index >= 15 is 0 Å². The number of likely N-dealkylation sites (N-methyl/N-ethyl adjacent to an activating group) is 2. The molecule has 0 spiro atoms. The highest BCUT2D eigenvalue weighted by atomic mass is 15.3. The van der Waals surface area contributed by atoms with Crippen molar-refractivity contribution in [2.45, 2.75) is 50.6 Å². The number of piperazine rings is 1. The summed E-state index contributed by atoms with van der Waals surface area (Å²) in [5.74, 6) is 0.927. The highest BCUT2D eigenvalue weighted by Crippen LogP contribution is 2.29. The molecule has 1 aliphatic carbocycles. The van der Waals surface area contributed by atoms with Crippen molar-refractivity contribution >= 4 is 0 Å². The first kappa shape index (κ1) is 13.3. The molecule has 2 rings (SSSR count). The molecule has 1 aliphatic heterocycles. The zero-order chi connectivity index (χ0) is 12.3. The van der Waals surface area contributed by atoms with Gasteiger partial charge in [0.15, 0.2) is 0 Å². The van der Waals surface area contributed by atoms with Crippen LogP contribution in [0, 0.1) is 5.92 Å². The summed E-state index contributed by atoms with van der Waals surface area (Å²) in [5, 5.41) is 0. The molecule has 17 heavy (non-hydrogen) atoms. The third-order valence-electron chi connectivity index (χ3n) is 4.67. The van der Waals surface area contributed by atoms with Gasteiger partial charge in [-0.1, -0.05) is 25.7 Å². The lowest BCUT2D eigenvalue weighted by molar-refractivity contribution is 0.102. The van der Waals surface area contributed by atoms with E-state index in [2.05, 4.69) is 23.9 Å². The van der Waals surface area contributed by atoms with Crippen molar-refractivity contribution in [2.75, 3.05) is 33.7 Å². The highest BCUT2D eigenvalue weighted by Gasteiger charge is 2.25. The largest absolute Gasteiger partial charge is 0.328 e. The van der Waals surface area contributed by atoms with Crippen LogP contribution >= 0.6 is 0 Å². The Bertz CT molecular complexity index is 226. The van der Waals surface area contributed by atoms with Gasteiger partial charge >= 0.3 is 0 Å². The molecule has 2 unspecified atom stereocenters. The first-order valence-electron chi connectivity index (χ1n) is 7.29. The topological polar surface area (TPSA) is 32.5 Å². The molecular formula is C14H29N3. The molecular weight excluding hydrogens is 210 g/mol. The summed E-state index contributed by atoms with van der Waals surface area (Å²) in [6.07, 6.45) is 8.15. The molecule has 0 aromatic heterocycles. The molecule has 0 aromatic carbocycles. The monoisotopic (exact) mass is 239 g/mol. The third-order valence-corrected chi connectivity index (χ3v) is 4.67. The normalized spacial score (nSPS) is 30.9. The van der Waals surface area contributed by atoms with Crippen molar-refractivity contribution in [3.05, 3.63) is 0 Å². The van der Waals surface area contributed by atoms with Gasteiger partial charge in [0.1, 0.15) is 0 Å². The fraction of sp³-hybridized carbons (Fsp3) is 1.00. The molecule has 2 atom stereocenters. The minimum Gasteiger partial charge on any atom is -0.328 e. The Kier molecular flexibility index (Phi) is 4.83. The van der Waals surface area contributed by atoms with Gasteiger partial charge in [-0.05, 0) is 32.9 Å². The maximum Gasteiger partial charge on any atom is 0.0235 e. The molecule has 3 nitrogen and oxygen atoms in total. The fourth-order valence-corrected chi connectivity index (χ4v) is 3.48. The summed E-state index contributed by atoms with van der Waals surface area (Å²) < 4.78 is 0. The first-order valence-corrected chi connectivity index (χ1v) is 7.29. The second-order valence-electron chi connectivity index (χ2n) is 6.28. The van der Waals surface area contributed by atoms with E-state index in [4.69, 9.17) is 5.73 Å². The number of nitrogens with zero attached hydrogens (tertiary/aromatic N) is 2. The van der Waals surface area contributed by atoms with Gasteiger partial charge in [-0.15, -0.1) is 0 Å². The van der Waals surface area contributed by atoms with Gasteiger partial charge < -0.3 is 15.5 Å². The summed E-state index contributed by atoms with van der Waals surface area (Å²) in [6.45, 7) is 3.58. The van der Waals surface area contributed by atoms with Crippen LogP contribution in [0.2, 0.25) is 0 Å². The highest BCUT2D eigenvalue weighted by molar-refractivity contribution is 4.83. The van der Waals surface area contributed by atoms with Crippen LogP contribution in [0.1, 0.15) is 38.5 Å². The Morgan fingerprint density at radius 1 is 1.12 bits per heavy atom. The molecule has 2 N–H and O–H groups in total. The summed E-state index contributed by atoms with van der Waals surface area (Å²) >= 11 is 0. The van der Waals surface area contributed by atoms with Crippen LogP contribution in [0.25, 0.3) is 0 Å². The average Bonchev–Trinajstić information content (AvgIpc) is 2.76. The molecule has 0 radical (unpaired) electrons. The van der Waals surface area contributed by atoms with E-state index in [-0.39, 0.29) is 0 Å². The lowest BCUT2D eigenvalue weighted by atomic mass is 9.93. The smallest absolute Gasteiger partial charge is 0.0235 e. The number of nitrogens with two attached hydrogens (primary N) is 1. The Morgan fingerprint density at radius 3 is 2.53 bits per heavy atom. The van der Waals surface area contributed by atoms with E-state index in [1.54, 1.807) is 0 Å². The molecule has 2 aliphatic rings. The lowest BCUT2D eigenvalue weighted by Gasteiger charge is -2.39. The van der Waals surface area contributed by atoms with Crippen molar-refractivity contribution in [1.82, 2.24) is 9.80 Å². The summed E-state index contributed by atoms with van der Waals surface area (Å²) in [5.41, 5.74) is 6.35. The standard InChI is InChI=1S/C14H29N3/c1-16-7-8-17(2)14(11-16)10-13(15)9-12-5-3-4-6-12/h12-14H,3-11,15H2,1-2H3.